The zero-order chi connectivity index (χ0) is 21.1. The van der Waals surface area contributed by atoms with Crippen molar-refractivity contribution in [3.8, 4) is 0 Å². The molecule has 3 N–H and O–H groups in total. The predicted octanol–water partition coefficient (Wildman–Crippen LogP) is 0.0393. The summed E-state index contributed by atoms with van der Waals surface area (Å²) in [6.45, 7) is 0. The van der Waals surface area contributed by atoms with Crippen molar-refractivity contribution in [3.05, 3.63) is 22.3 Å². The van der Waals surface area contributed by atoms with Gasteiger partial charge in [0.15, 0.2) is 10.8 Å². The van der Waals surface area contributed by atoms with Crippen molar-refractivity contribution in [1.82, 2.24) is 15.2 Å². The first-order valence-electron chi connectivity index (χ1n) is 7.97. The van der Waals surface area contributed by atoms with Crippen LogP contribution in [0.5, 0.6) is 0 Å². The van der Waals surface area contributed by atoms with E-state index in [0.717, 1.165) is 16.2 Å². The van der Waals surface area contributed by atoms with Crippen molar-refractivity contribution in [2.45, 2.75) is 11.4 Å². The van der Waals surface area contributed by atoms with Gasteiger partial charge in [0.2, 0.25) is 6.41 Å². The minimum atomic E-state index is -1.25. The van der Waals surface area contributed by atoms with Gasteiger partial charge in [-0.2, -0.15) is 0 Å². The number of hydrogen-bond donors (Lipinski definition) is 3. The lowest BCUT2D eigenvalue weighted by Gasteiger charge is -2.49. The number of rotatable bonds is 8. The van der Waals surface area contributed by atoms with Gasteiger partial charge >= 0.3 is 5.97 Å². The summed E-state index contributed by atoms with van der Waals surface area (Å²) in [5.41, 5.74) is 0.256. The van der Waals surface area contributed by atoms with E-state index in [1.807, 2.05) is 0 Å². The summed E-state index contributed by atoms with van der Waals surface area (Å²) < 4.78 is 0. The largest absolute Gasteiger partial charge is 0.477 e. The van der Waals surface area contributed by atoms with Gasteiger partial charge in [0, 0.05) is 17.0 Å². The Hall–Kier alpha value is -2.64. The van der Waals surface area contributed by atoms with Gasteiger partial charge in [-0.1, -0.05) is 5.16 Å². The Bertz CT molecular complexity index is 932. The Labute approximate surface area is 177 Å². The molecule has 2 aliphatic heterocycles. The number of alkyl halides is 1. The van der Waals surface area contributed by atoms with Crippen LogP contribution in [0.3, 0.4) is 0 Å². The average molecular weight is 460 g/mol. The number of fused-ring (bicyclic) bond motifs is 1. The average Bonchev–Trinajstić information content (AvgIpc) is 3.17. The van der Waals surface area contributed by atoms with Crippen LogP contribution >= 0.6 is 34.7 Å². The molecule has 1 fully saturated rings. The number of aromatic nitrogens is 1. The quantitative estimate of drug-likeness (QED) is 0.162. The highest BCUT2D eigenvalue weighted by Crippen LogP contribution is 2.40. The Morgan fingerprint density at radius 1 is 1.55 bits per heavy atom. The number of anilines is 1. The number of hydrogen-bond acceptors (Lipinski definition) is 9. The molecule has 11 nitrogen and oxygen atoms in total. The van der Waals surface area contributed by atoms with Crippen molar-refractivity contribution < 1.29 is 29.1 Å². The molecule has 1 aromatic rings. The van der Waals surface area contributed by atoms with E-state index in [1.54, 1.807) is 0 Å². The normalized spacial score (nSPS) is 21.2. The molecule has 3 amide bonds. The zero-order valence-electron chi connectivity index (χ0n) is 14.7. The molecular formula is C15H14ClN5O6S2. The van der Waals surface area contributed by atoms with Gasteiger partial charge in [-0.15, -0.1) is 34.7 Å². The van der Waals surface area contributed by atoms with E-state index in [9.17, 15) is 24.3 Å². The number of thiazole rings is 1. The number of β-lactam (4-membered cyclic amide) rings is 1. The topological polar surface area (TPSA) is 150 Å². The standard InChI is InChI=1S/C15H14ClN5O6S2/c1-27-20-8(7-4-29-15(18-7)17-5-22)11(23)19-9-12(24)21-10(14(25)26)6(2-16)3-28-13(9)21/h4-5,9,13H,2-3H2,1H3,(H,19,23)(H,25,26)(H,17,18,22)/t9?,13-/m0/s1. The van der Waals surface area contributed by atoms with Crippen LogP contribution in [0, 0.1) is 0 Å². The van der Waals surface area contributed by atoms with Crippen LogP contribution in [0.4, 0.5) is 5.13 Å². The third-order valence-electron chi connectivity index (χ3n) is 4.02. The number of carboxylic acids is 1. The van der Waals surface area contributed by atoms with E-state index in [0.29, 0.717) is 17.7 Å². The minimum absolute atomic E-state index is 0.00616. The molecule has 1 saturated heterocycles. The van der Waals surface area contributed by atoms with Crippen LogP contribution < -0.4 is 10.6 Å². The Kier molecular flexibility index (Phi) is 6.39. The summed E-state index contributed by atoms with van der Waals surface area (Å²) in [7, 11) is 1.25. The smallest absolute Gasteiger partial charge is 0.352 e. The summed E-state index contributed by atoms with van der Waals surface area (Å²) in [5, 5.41) is 19.2. The van der Waals surface area contributed by atoms with Crippen molar-refractivity contribution in [1.29, 1.82) is 0 Å². The summed E-state index contributed by atoms with van der Waals surface area (Å²) in [6.07, 6.45) is 0.445. The molecule has 3 rings (SSSR count). The van der Waals surface area contributed by atoms with Gasteiger partial charge in [0.1, 0.15) is 29.9 Å². The molecule has 3 heterocycles. The lowest BCUT2D eigenvalue weighted by molar-refractivity contribution is -0.150. The Morgan fingerprint density at radius 2 is 2.31 bits per heavy atom. The number of carbonyl (C=O) groups is 4. The number of aliphatic carboxylic acids is 1. The molecule has 0 radical (unpaired) electrons. The first kappa shape index (κ1) is 21.1. The second-order valence-electron chi connectivity index (χ2n) is 5.67. The molecule has 0 bridgehead atoms. The summed E-state index contributed by atoms with van der Waals surface area (Å²) in [6, 6.07) is -0.938. The van der Waals surface area contributed by atoms with E-state index < -0.39 is 29.2 Å². The predicted molar refractivity (Wildman–Crippen MR) is 106 cm³/mol. The molecule has 29 heavy (non-hydrogen) atoms. The van der Waals surface area contributed by atoms with Crippen molar-refractivity contribution in [2.24, 2.45) is 5.16 Å². The van der Waals surface area contributed by atoms with Crippen LogP contribution in [0.15, 0.2) is 21.8 Å². The molecule has 0 aromatic carbocycles. The second kappa shape index (κ2) is 8.80. The first-order chi connectivity index (χ1) is 13.9. The summed E-state index contributed by atoms with van der Waals surface area (Å²) in [5.74, 6) is -2.21. The van der Waals surface area contributed by atoms with E-state index in [1.165, 1.54) is 24.3 Å². The van der Waals surface area contributed by atoms with Crippen LogP contribution in [0.1, 0.15) is 5.69 Å². The fraction of sp³-hybridized carbons (Fsp3) is 0.333. The highest BCUT2D eigenvalue weighted by Gasteiger charge is 2.54. The molecule has 1 unspecified atom stereocenters. The van der Waals surface area contributed by atoms with E-state index in [2.05, 4.69) is 20.8 Å². The SMILES string of the molecule is CON=C(C(=O)NC1C(=O)N2C(C(=O)O)=C(CCl)CS[C@@H]12)c1csc(NC=O)n1. The lowest BCUT2D eigenvalue weighted by atomic mass is 10.0. The molecule has 0 aliphatic carbocycles. The number of amides is 3. The number of halogens is 1. The van der Waals surface area contributed by atoms with Crippen molar-refractivity contribution in [3.63, 3.8) is 0 Å². The first-order valence-corrected chi connectivity index (χ1v) is 10.4. The number of oxime groups is 1. The number of carbonyl (C=O) groups excluding carboxylic acids is 3. The Morgan fingerprint density at radius 3 is 2.93 bits per heavy atom. The maximum atomic E-state index is 12.7. The third kappa shape index (κ3) is 3.93. The summed E-state index contributed by atoms with van der Waals surface area (Å²) in [4.78, 5) is 57.2. The fourth-order valence-corrected chi connectivity index (χ4v) is 5.12. The minimum Gasteiger partial charge on any atom is -0.477 e. The molecule has 1 aromatic heterocycles. The molecule has 2 atom stereocenters. The number of nitrogens with zero attached hydrogens (tertiary/aromatic N) is 3. The van der Waals surface area contributed by atoms with Gasteiger partial charge in [0.05, 0.1) is 0 Å². The van der Waals surface area contributed by atoms with Crippen LogP contribution in [-0.2, 0) is 24.0 Å². The fourth-order valence-electron chi connectivity index (χ4n) is 2.79. The number of thioether (sulfide) groups is 1. The van der Waals surface area contributed by atoms with Crippen molar-refractivity contribution in [2.75, 3.05) is 24.1 Å². The highest BCUT2D eigenvalue weighted by atomic mass is 35.5. The molecule has 14 heteroatoms. The van der Waals surface area contributed by atoms with Crippen molar-refractivity contribution >= 4 is 69.7 Å². The highest BCUT2D eigenvalue weighted by molar-refractivity contribution is 8.00. The number of nitrogens with one attached hydrogen (secondary N) is 2. The Balaban J connectivity index is 1.77. The molecule has 154 valence electrons. The van der Waals surface area contributed by atoms with Crippen LogP contribution in [0.25, 0.3) is 0 Å². The van der Waals surface area contributed by atoms with Gasteiger partial charge in [0.25, 0.3) is 11.8 Å². The third-order valence-corrected chi connectivity index (χ3v) is 6.46. The molecular weight excluding hydrogens is 446 g/mol. The van der Waals surface area contributed by atoms with E-state index in [-0.39, 0.29) is 28.1 Å². The van der Waals surface area contributed by atoms with Gasteiger partial charge in [-0.3, -0.25) is 19.3 Å². The lowest BCUT2D eigenvalue weighted by Crippen LogP contribution is -2.71. The summed E-state index contributed by atoms with van der Waals surface area (Å²) >= 11 is 8.17. The van der Waals surface area contributed by atoms with E-state index >= 15 is 0 Å². The molecule has 0 spiro atoms. The van der Waals surface area contributed by atoms with Crippen LogP contribution in [-0.4, -0.2) is 75.1 Å². The number of carboxylic acid groups (broad SMARTS) is 1. The van der Waals surface area contributed by atoms with Gasteiger partial charge in [-0.25, -0.2) is 9.78 Å². The maximum Gasteiger partial charge on any atom is 0.352 e. The zero-order valence-corrected chi connectivity index (χ0v) is 17.1. The second-order valence-corrected chi connectivity index (χ2v) is 7.90. The van der Waals surface area contributed by atoms with E-state index in [4.69, 9.17) is 16.4 Å². The monoisotopic (exact) mass is 459 g/mol. The van der Waals surface area contributed by atoms with Gasteiger partial charge < -0.3 is 20.6 Å². The molecule has 2 aliphatic rings. The molecule has 0 saturated carbocycles. The van der Waals surface area contributed by atoms with Crippen LogP contribution in [0.2, 0.25) is 0 Å². The maximum absolute atomic E-state index is 12.7. The van der Waals surface area contributed by atoms with Gasteiger partial charge in [-0.05, 0) is 5.57 Å².